The molecule has 1 aromatic carbocycles. The van der Waals surface area contributed by atoms with Crippen LogP contribution in [0.4, 0.5) is 5.95 Å². The van der Waals surface area contributed by atoms with Crippen molar-refractivity contribution in [3.05, 3.63) is 47.5 Å². The molecule has 104 valence electrons. The van der Waals surface area contributed by atoms with Gasteiger partial charge < -0.3 is 5.73 Å². The minimum absolute atomic E-state index is 0.353. The van der Waals surface area contributed by atoms with Crippen molar-refractivity contribution in [2.45, 2.75) is 44.4 Å². The number of nitrogen functional groups attached to an aromatic ring is 1. The number of hydrogen-bond donors (Lipinski definition) is 1. The van der Waals surface area contributed by atoms with Crippen LogP contribution in [0.25, 0.3) is 0 Å². The van der Waals surface area contributed by atoms with Gasteiger partial charge in [0.25, 0.3) is 0 Å². The molecule has 2 aromatic rings. The molecule has 0 atom stereocenters. The summed E-state index contributed by atoms with van der Waals surface area (Å²) < 4.78 is 0. The Hall–Kier alpha value is -1.97. The molecule has 4 nitrogen and oxygen atoms in total. The highest BCUT2D eigenvalue weighted by Crippen LogP contribution is 2.30. The Balaban J connectivity index is 1.82. The van der Waals surface area contributed by atoms with E-state index in [1.54, 1.807) is 0 Å². The zero-order valence-electron chi connectivity index (χ0n) is 11.6. The number of nitrogens with zero attached hydrogens (tertiary/aromatic N) is 3. The highest BCUT2D eigenvalue weighted by Gasteiger charge is 2.19. The van der Waals surface area contributed by atoms with Gasteiger partial charge in [0.05, 0.1) is 0 Å². The monoisotopic (exact) mass is 268 g/mol. The molecule has 1 aliphatic carbocycles. The minimum Gasteiger partial charge on any atom is -0.368 e. The van der Waals surface area contributed by atoms with E-state index in [1.807, 2.05) is 18.2 Å². The molecule has 0 radical (unpaired) electrons. The van der Waals surface area contributed by atoms with E-state index in [-0.39, 0.29) is 0 Å². The highest BCUT2D eigenvalue weighted by molar-refractivity contribution is 5.23. The Morgan fingerprint density at radius 1 is 0.950 bits per heavy atom. The first-order valence-electron chi connectivity index (χ1n) is 7.35. The van der Waals surface area contributed by atoms with Gasteiger partial charge in [0.1, 0.15) is 11.6 Å². The molecule has 2 N–H and O–H groups in total. The molecule has 1 aliphatic rings. The lowest BCUT2D eigenvalue weighted by atomic mass is 9.89. The fraction of sp³-hybridized carbons (Fsp3) is 0.438. The van der Waals surface area contributed by atoms with Crippen LogP contribution in [0.3, 0.4) is 0 Å². The normalized spacial score (nSPS) is 16.2. The first kappa shape index (κ1) is 13.0. The fourth-order valence-electron chi connectivity index (χ4n) is 2.86. The van der Waals surface area contributed by atoms with E-state index < -0.39 is 0 Å². The van der Waals surface area contributed by atoms with Gasteiger partial charge in [0.2, 0.25) is 5.95 Å². The predicted molar refractivity (Wildman–Crippen MR) is 79.3 cm³/mol. The number of nitrogens with two attached hydrogens (primary N) is 1. The van der Waals surface area contributed by atoms with Gasteiger partial charge in [0, 0.05) is 12.3 Å². The van der Waals surface area contributed by atoms with Crippen LogP contribution in [-0.2, 0) is 6.42 Å². The Kier molecular flexibility index (Phi) is 3.90. The molecule has 1 heterocycles. The standard InChI is InChI=1S/C16H20N4/c17-16-19-14(11-12-7-3-1-4-8-12)18-15(20-16)13-9-5-2-6-10-13/h1,3-4,7-8,13H,2,5-6,9-11H2,(H2,17,18,19,20). The van der Waals surface area contributed by atoms with Gasteiger partial charge in [-0.3, -0.25) is 0 Å². The zero-order valence-corrected chi connectivity index (χ0v) is 11.6. The van der Waals surface area contributed by atoms with Crippen LogP contribution in [0.2, 0.25) is 0 Å². The maximum Gasteiger partial charge on any atom is 0.223 e. The van der Waals surface area contributed by atoms with Gasteiger partial charge in [-0.25, -0.2) is 4.98 Å². The summed E-state index contributed by atoms with van der Waals surface area (Å²) in [5, 5.41) is 0. The summed E-state index contributed by atoms with van der Waals surface area (Å²) in [6, 6.07) is 10.2. The fourth-order valence-corrected chi connectivity index (χ4v) is 2.86. The average Bonchev–Trinajstić information content (AvgIpc) is 2.49. The van der Waals surface area contributed by atoms with Crippen LogP contribution in [0.1, 0.15) is 55.2 Å². The Bertz CT molecular complexity index is 562. The maximum atomic E-state index is 5.86. The van der Waals surface area contributed by atoms with Gasteiger partial charge in [-0.15, -0.1) is 0 Å². The second kappa shape index (κ2) is 5.99. The van der Waals surface area contributed by atoms with Crippen molar-refractivity contribution in [1.82, 2.24) is 15.0 Å². The number of rotatable bonds is 3. The lowest BCUT2D eigenvalue weighted by Crippen LogP contribution is -2.13. The van der Waals surface area contributed by atoms with Crippen LogP contribution < -0.4 is 5.73 Å². The van der Waals surface area contributed by atoms with E-state index in [0.717, 1.165) is 11.6 Å². The molecule has 4 heteroatoms. The second-order valence-corrected chi connectivity index (χ2v) is 5.47. The quantitative estimate of drug-likeness (QED) is 0.929. The highest BCUT2D eigenvalue weighted by atomic mass is 15.1. The van der Waals surface area contributed by atoms with Gasteiger partial charge in [0.15, 0.2) is 0 Å². The topological polar surface area (TPSA) is 64.7 Å². The summed E-state index contributed by atoms with van der Waals surface area (Å²) in [5.74, 6) is 2.49. The molecular weight excluding hydrogens is 248 g/mol. The van der Waals surface area contributed by atoms with E-state index in [0.29, 0.717) is 18.3 Å². The SMILES string of the molecule is Nc1nc(Cc2ccccc2)nc(C2CCCCC2)n1. The molecule has 20 heavy (non-hydrogen) atoms. The number of aromatic nitrogens is 3. The molecule has 0 amide bonds. The largest absolute Gasteiger partial charge is 0.368 e. The molecule has 1 aromatic heterocycles. The van der Waals surface area contributed by atoms with Crippen molar-refractivity contribution in [2.75, 3.05) is 5.73 Å². The smallest absolute Gasteiger partial charge is 0.223 e. The number of anilines is 1. The molecular formula is C16H20N4. The van der Waals surface area contributed by atoms with Gasteiger partial charge in [-0.2, -0.15) is 9.97 Å². The maximum absolute atomic E-state index is 5.86. The van der Waals surface area contributed by atoms with Crippen LogP contribution in [-0.4, -0.2) is 15.0 Å². The first-order valence-corrected chi connectivity index (χ1v) is 7.35. The van der Waals surface area contributed by atoms with E-state index in [4.69, 9.17) is 5.73 Å². The van der Waals surface area contributed by atoms with E-state index in [2.05, 4.69) is 27.1 Å². The second-order valence-electron chi connectivity index (χ2n) is 5.47. The molecule has 3 rings (SSSR count). The Morgan fingerprint density at radius 2 is 1.70 bits per heavy atom. The average molecular weight is 268 g/mol. The molecule has 0 bridgehead atoms. The van der Waals surface area contributed by atoms with Gasteiger partial charge in [-0.05, 0) is 18.4 Å². The lowest BCUT2D eigenvalue weighted by Gasteiger charge is -2.20. The van der Waals surface area contributed by atoms with Crippen molar-refractivity contribution in [3.63, 3.8) is 0 Å². The Morgan fingerprint density at radius 3 is 2.45 bits per heavy atom. The van der Waals surface area contributed by atoms with E-state index in [9.17, 15) is 0 Å². The lowest BCUT2D eigenvalue weighted by molar-refractivity contribution is 0.427. The first-order chi connectivity index (χ1) is 9.81. The van der Waals surface area contributed by atoms with E-state index in [1.165, 1.54) is 37.7 Å². The third-order valence-electron chi connectivity index (χ3n) is 3.89. The molecule has 1 saturated carbocycles. The van der Waals surface area contributed by atoms with Crippen LogP contribution >= 0.6 is 0 Å². The minimum atomic E-state index is 0.353. The number of hydrogen-bond acceptors (Lipinski definition) is 4. The molecule has 0 saturated heterocycles. The molecule has 0 unspecified atom stereocenters. The van der Waals surface area contributed by atoms with Crippen LogP contribution in [0, 0.1) is 0 Å². The Labute approximate surface area is 119 Å². The van der Waals surface area contributed by atoms with Crippen molar-refractivity contribution >= 4 is 5.95 Å². The van der Waals surface area contributed by atoms with Crippen molar-refractivity contribution in [1.29, 1.82) is 0 Å². The van der Waals surface area contributed by atoms with Crippen molar-refractivity contribution in [2.24, 2.45) is 0 Å². The van der Waals surface area contributed by atoms with Crippen molar-refractivity contribution < 1.29 is 0 Å². The summed E-state index contributed by atoms with van der Waals surface area (Å²) >= 11 is 0. The summed E-state index contributed by atoms with van der Waals surface area (Å²) in [6.45, 7) is 0. The van der Waals surface area contributed by atoms with Crippen LogP contribution in [0.15, 0.2) is 30.3 Å². The van der Waals surface area contributed by atoms with Crippen molar-refractivity contribution in [3.8, 4) is 0 Å². The van der Waals surface area contributed by atoms with Gasteiger partial charge >= 0.3 is 0 Å². The van der Waals surface area contributed by atoms with E-state index >= 15 is 0 Å². The molecule has 0 aliphatic heterocycles. The zero-order chi connectivity index (χ0) is 13.8. The third kappa shape index (κ3) is 3.13. The molecule has 0 spiro atoms. The number of benzene rings is 1. The summed E-state index contributed by atoms with van der Waals surface area (Å²) in [6.07, 6.45) is 6.93. The summed E-state index contributed by atoms with van der Waals surface area (Å²) in [4.78, 5) is 13.3. The van der Waals surface area contributed by atoms with Crippen LogP contribution in [0.5, 0.6) is 0 Å². The summed E-state index contributed by atoms with van der Waals surface area (Å²) in [7, 11) is 0. The predicted octanol–water partition coefficient (Wildman–Crippen LogP) is 3.09. The summed E-state index contributed by atoms with van der Waals surface area (Å²) in [5.41, 5.74) is 7.06. The third-order valence-corrected chi connectivity index (χ3v) is 3.89. The van der Waals surface area contributed by atoms with Gasteiger partial charge in [-0.1, -0.05) is 49.6 Å². The molecule has 1 fully saturated rings.